The summed E-state index contributed by atoms with van der Waals surface area (Å²) in [7, 11) is -2.68. The molecule has 1 aliphatic heterocycles. The lowest BCUT2D eigenvalue weighted by Gasteiger charge is -2.31. The molecule has 1 saturated heterocycles. The third kappa shape index (κ3) is 4.11. The zero-order chi connectivity index (χ0) is 17.8. The van der Waals surface area contributed by atoms with Gasteiger partial charge in [-0.25, -0.2) is 8.42 Å². The number of nitrogens with two attached hydrogens (primary N) is 1. The molecule has 0 saturated carbocycles. The highest BCUT2D eigenvalue weighted by atomic mass is 32.2. The SMILES string of the molecule is NC(=O)c1ccc(C(N2CCOCC2)[SH](=O)=O)cc1C1=CCCCC1. The van der Waals surface area contributed by atoms with Gasteiger partial charge >= 0.3 is 0 Å². The second-order valence-corrected chi connectivity index (χ2v) is 7.51. The van der Waals surface area contributed by atoms with Crippen LogP contribution in [-0.2, 0) is 15.4 Å². The van der Waals surface area contributed by atoms with Gasteiger partial charge in [-0.15, -0.1) is 0 Å². The van der Waals surface area contributed by atoms with E-state index in [2.05, 4.69) is 6.08 Å². The number of nitrogens with zero attached hydrogens (tertiary/aromatic N) is 1. The molecule has 1 fully saturated rings. The lowest BCUT2D eigenvalue weighted by Crippen LogP contribution is -2.39. The van der Waals surface area contributed by atoms with E-state index >= 15 is 0 Å². The predicted molar refractivity (Wildman–Crippen MR) is 96.9 cm³/mol. The van der Waals surface area contributed by atoms with Gasteiger partial charge in [0.15, 0.2) is 10.7 Å². The van der Waals surface area contributed by atoms with Crippen LogP contribution >= 0.6 is 0 Å². The number of rotatable bonds is 5. The molecule has 3 rings (SSSR count). The molecule has 6 nitrogen and oxygen atoms in total. The highest BCUT2D eigenvalue weighted by molar-refractivity contribution is 7.72. The van der Waals surface area contributed by atoms with Crippen molar-refractivity contribution in [2.75, 3.05) is 26.3 Å². The highest BCUT2D eigenvalue weighted by Gasteiger charge is 2.26. The van der Waals surface area contributed by atoms with Crippen molar-refractivity contribution in [1.82, 2.24) is 4.90 Å². The van der Waals surface area contributed by atoms with Crippen molar-refractivity contribution in [1.29, 1.82) is 0 Å². The van der Waals surface area contributed by atoms with Crippen molar-refractivity contribution in [2.45, 2.75) is 31.1 Å². The number of ether oxygens (including phenoxy) is 1. The van der Waals surface area contributed by atoms with Gasteiger partial charge in [0.2, 0.25) is 5.91 Å². The zero-order valence-corrected chi connectivity index (χ0v) is 15.0. The maximum absolute atomic E-state index is 12.0. The molecule has 0 spiro atoms. The number of primary amides is 1. The summed E-state index contributed by atoms with van der Waals surface area (Å²) in [5.41, 5.74) is 8.54. The van der Waals surface area contributed by atoms with Crippen LogP contribution in [0.2, 0.25) is 0 Å². The van der Waals surface area contributed by atoms with Crippen molar-refractivity contribution in [3.05, 3.63) is 41.0 Å². The second kappa shape index (κ2) is 8.12. The van der Waals surface area contributed by atoms with Gasteiger partial charge in [-0.3, -0.25) is 9.69 Å². The van der Waals surface area contributed by atoms with E-state index in [-0.39, 0.29) is 0 Å². The Kier molecular flexibility index (Phi) is 5.88. The zero-order valence-electron chi connectivity index (χ0n) is 14.1. The third-order valence-corrected chi connectivity index (χ3v) is 5.86. The second-order valence-electron chi connectivity index (χ2n) is 6.45. The summed E-state index contributed by atoms with van der Waals surface area (Å²) in [6.45, 7) is 2.20. The van der Waals surface area contributed by atoms with E-state index in [1.165, 1.54) is 0 Å². The number of benzene rings is 1. The molecular weight excluding hydrogens is 340 g/mol. The largest absolute Gasteiger partial charge is 0.379 e. The number of amides is 1. The Morgan fingerprint density at radius 3 is 2.56 bits per heavy atom. The van der Waals surface area contributed by atoms with Crippen molar-refractivity contribution < 1.29 is 17.9 Å². The van der Waals surface area contributed by atoms with Crippen LogP contribution in [0.3, 0.4) is 0 Å². The number of allylic oxidation sites excluding steroid dienone is 2. The standard InChI is InChI=1S/C18H24N2O4S/c19-17(21)15-7-6-14(12-16(15)13-4-2-1-3-5-13)18(25(22)23)20-8-10-24-11-9-20/h4,6-7,12,18,25H,1-3,5,8-11H2,(H2,19,21). The summed E-state index contributed by atoms with van der Waals surface area (Å²) in [5.74, 6) is -0.484. The first-order chi connectivity index (χ1) is 12.1. The Balaban J connectivity index is 2.03. The predicted octanol–water partition coefficient (Wildman–Crippen LogP) is 1.69. The quantitative estimate of drug-likeness (QED) is 0.776. The van der Waals surface area contributed by atoms with Crippen molar-refractivity contribution in [2.24, 2.45) is 5.73 Å². The lowest BCUT2D eigenvalue weighted by molar-refractivity contribution is 0.0313. The van der Waals surface area contributed by atoms with Crippen molar-refractivity contribution in [3.8, 4) is 0 Å². The van der Waals surface area contributed by atoms with Crippen LogP contribution in [0.4, 0.5) is 0 Å². The van der Waals surface area contributed by atoms with E-state index in [9.17, 15) is 13.2 Å². The molecule has 2 aliphatic rings. The van der Waals surface area contributed by atoms with Crippen LogP contribution < -0.4 is 5.73 Å². The number of carbonyl (C=O) groups excluding carboxylic acids is 1. The molecule has 2 N–H and O–H groups in total. The Labute approximate surface area is 149 Å². The fourth-order valence-electron chi connectivity index (χ4n) is 3.57. The average molecular weight is 364 g/mol. The molecule has 1 amide bonds. The Morgan fingerprint density at radius 1 is 1.20 bits per heavy atom. The number of hydrogen-bond acceptors (Lipinski definition) is 5. The number of hydrogen-bond donors (Lipinski definition) is 2. The maximum atomic E-state index is 12.0. The van der Waals surface area contributed by atoms with E-state index in [4.69, 9.17) is 10.5 Å². The molecule has 0 radical (unpaired) electrons. The summed E-state index contributed by atoms with van der Waals surface area (Å²) in [6, 6.07) is 5.20. The summed E-state index contributed by atoms with van der Waals surface area (Å²) in [4.78, 5) is 13.7. The first-order valence-corrected chi connectivity index (χ1v) is 9.91. The lowest BCUT2D eigenvalue weighted by atomic mass is 9.89. The monoisotopic (exact) mass is 364 g/mol. The van der Waals surface area contributed by atoms with Gasteiger partial charge in [0.05, 0.1) is 13.2 Å². The fourth-order valence-corrected chi connectivity index (χ4v) is 4.48. The first kappa shape index (κ1) is 18.1. The minimum Gasteiger partial charge on any atom is -0.379 e. The molecule has 25 heavy (non-hydrogen) atoms. The Bertz CT molecular complexity index is 743. The Hall–Kier alpha value is -1.70. The number of morpholine rings is 1. The normalized spacial score (nSPS) is 20.3. The van der Waals surface area contributed by atoms with Crippen LogP contribution in [0.15, 0.2) is 24.3 Å². The maximum Gasteiger partial charge on any atom is 0.249 e. The minimum atomic E-state index is -2.68. The Morgan fingerprint density at radius 2 is 1.96 bits per heavy atom. The highest BCUT2D eigenvalue weighted by Crippen LogP contribution is 2.32. The van der Waals surface area contributed by atoms with Crippen LogP contribution in [-0.4, -0.2) is 45.5 Å². The topological polar surface area (TPSA) is 89.7 Å². The van der Waals surface area contributed by atoms with Crippen molar-refractivity contribution >= 4 is 22.2 Å². The molecule has 7 heteroatoms. The van der Waals surface area contributed by atoms with Gasteiger partial charge < -0.3 is 10.5 Å². The number of carbonyl (C=O) groups is 1. The summed E-state index contributed by atoms with van der Waals surface area (Å²) >= 11 is 0. The first-order valence-electron chi connectivity index (χ1n) is 8.66. The van der Waals surface area contributed by atoms with Gasteiger partial charge in [-0.05, 0) is 54.5 Å². The van der Waals surface area contributed by atoms with Crippen LogP contribution in [0.25, 0.3) is 5.57 Å². The molecule has 0 aromatic heterocycles. The van der Waals surface area contributed by atoms with E-state index in [1.807, 2.05) is 11.0 Å². The molecule has 0 bridgehead atoms. The van der Waals surface area contributed by atoms with Crippen molar-refractivity contribution in [3.63, 3.8) is 0 Å². The smallest absolute Gasteiger partial charge is 0.249 e. The van der Waals surface area contributed by atoms with Crippen LogP contribution in [0.1, 0.15) is 52.5 Å². The third-order valence-electron chi connectivity index (χ3n) is 4.84. The van der Waals surface area contributed by atoms with Gasteiger partial charge in [0.25, 0.3) is 0 Å². The van der Waals surface area contributed by atoms with Crippen LogP contribution in [0.5, 0.6) is 0 Å². The average Bonchev–Trinajstić information content (AvgIpc) is 2.63. The van der Waals surface area contributed by atoms with Gasteiger partial charge in [-0.1, -0.05) is 12.1 Å². The summed E-state index contributed by atoms with van der Waals surface area (Å²) in [6.07, 6.45) is 6.20. The fraction of sp³-hybridized carbons (Fsp3) is 0.500. The van der Waals surface area contributed by atoms with Crippen LogP contribution in [0, 0.1) is 0 Å². The molecule has 1 aromatic rings. The van der Waals surface area contributed by atoms with E-state index in [0.29, 0.717) is 37.4 Å². The molecule has 1 heterocycles. The molecule has 1 unspecified atom stereocenters. The summed E-state index contributed by atoms with van der Waals surface area (Å²) in [5, 5.41) is -0.705. The van der Waals surface area contributed by atoms with E-state index < -0.39 is 22.0 Å². The molecule has 1 aliphatic carbocycles. The number of thiol groups is 1. The van der Waals surface area contributed by atoms with Gasteiger partial charge in [0, 0.05) is 18.7 Å². The summed E-state index contributed by atoms with van der Waals surface area (Å²) < 4.78 is 29.2. The molecule has 1 atom stereocenters. The van der Waals surface area contributed by atoms with Gasteiger partial charge in [0.1, 0.15) is 5.37 Å². The van der Waals surface area contributed by atoms with E-state index in [0.717, 1.165) is 36.8 Å². The van der Waals surface area contributed by atoms with Gasteiger partial charge in [-0.2, -0.15) is 0 Å². The molecular formula is C18H24N2O4S. The van der Waals surface area contributed by atoms with E-state index in [1.54, 1.807) is 12.1 Å². The molecule has 136 valence electrons. The minimum absolute atomic E-state index is 0.457. The molecule has 1 aromatic carbocycles.